The second-order valence-electron chi connectivity index (χ2n) is 4.98. The summed E-state index contributed by atoms with van der Waals surface area (Å²) in [4.78, 5) is 16.2. The molecule has 2 heterocycles. The van der Waals surface area contributed by atoms with Crippen molar-refractivity contribution < 1.29 is 18.7 Å². The molecule has 7 heteroatoms. The van der Waals surface area contributed by atoms with Crippen molar-refractivity contribution in [3.05, 3.63) is 56.5 Å². The SMILES string of the molecule is CCCOc1c(Br)cc(/C=C2\N=C(c3ccco3)OC2=O)cc1Br. The van der Waals surface area contributed by atoms with Crippen LogP contribution in [0.5, 0.6) is 5.75 Å². The molecule has 24 heavy (non-hydrogen) atoms. The van der Waals surface area contributed by atoms with Gasteiger partial charge in [0.1, 0.15) is 5.75 Å². The number of aliphatic imine (C=N–C) groups is 1. The van der Waals surface area contributed by atoms with Crippen molar-refractivity contribution in [1.29, 1.82) is 0 Å². The molecule has 1 aromatic heterocycles. The summed E-state index contributed by atoms with van der Waals surface area (Å²) in [7, 11) is 0. The molecule has 0 radical (unpaired) electrons. The van der Waals surface area contributed by atoms with Crippen LogP contribution < -0.4 is 4.74 Å². The van der Waals surface area contributed by atoms with Crippen LogP contribution in [0.2, 0.25) is 0 Å². The third-order valence-corrected chi connectivity index (χ3v) is 4.31. The van der Waals surface area contributed by atoms with E-state index in [-0.39, 0.29) is 11.6 Å². The normalized spacial score (nSPS) is 15.5. The maximum absolute atomic E-state index is 12.0. The molecule has 0 fully saturated rings. The number of hydrogen-bond donors (Lipinski definition) is 0. The third kappa shape index (κ3) is 3.62. The highest BCUT2D eigenvalue weighted by molar-refractivity contribution is 9.11. The summed E-state index contributed by atoms with van der Waals surface area (Å²) in [6, 6.07) is 7.10. The molecule has 0 amide bonds. The molecule has 1 aliphatic heterocycles. The molecule has 124 valence electrons. The van der Waals surface area contributed by atoms with E-state index in [1.807, 2.05) is 19.1 Å². The first kappa shape index (κ1) is 17.0. The second-order valence-corrected chi connectivity index (χ2v) is 6.68. The molecule has 5 nitrogen and oxygen atoms in total. The number of cyclic esters (lactones) is 1. The highest BCUT2D eigenvalue weighted by Gasteiger charge is 2.25. The predicted molar refractivity (Wildman–Crippen MR) is 96.9 cm³/mol. The predicted octanol–water partition coefficient (Wildman–Crippen LogP) is 4.94. The molecule has 1 aliphatic rings. The zero-order chi connectivity index (χ0) is 17.1. The lowest BCUT2D eigenvalue weighted by molar-refractivity contribution is -0.130. The van der Waals surface area contributed by atoms with Crippen molar-refractivity contribution in [1.82, 2.24) is 0 Å². The fourth-order valence-corrected chi connectivity index (χ4v) is 3.53. The van der Waals surface area contributed by atoms with Crippen LogP contribution in [0.3, 0.4) is 0 Å². The minimum atomic E-state index is -0.514. The number of hydrogen-bond acceptors (Lipinski definition) is 5. The number of halogens is 2. The van der Waals surface area contributed by atoms with E-state index in [4.69, 9.17) is 13.9 Å². The van der Waals surface area contributed by atoms with Crippen LogP contribution in [0.25, 0.3) is 6.08 Å². The van der Waals surface area contributed by atoms with Gasteiger partial charge >= 0.3 is 5.97 Å². The summed E-state index contributed by atoms with van der Waals surface area (Å²) in [6.07, 6.45) is 4.06. The van der Waals surface area contributed by atoms with Gasteiger partial charge < -0.3 is 13.9 Å². The number of carbonyl (C=O) groups excluding carboxylic acids is 1. The maximum Gasteiger partial charge on any atom is 0.363 e. The zero-order valence-electron chi connectivity index (χ0n) is 12.7. The lowest BCUT2D eigenvalue weighted by atomic mass is 10.2. The lowest BCUT2D eigenvalue weighted by Crippen LogP contribution is -2.04. The lowest BCUT2D eigenvalue weighted by Gasteiger charge is -2.10. The number of esters is 1. The van der Waals surface area contributed by atoms with Crippen molar-refractivity contribution in [2.75, 3.05) is 6.61 Å². The first-order chi connectivity index (χ1) is 11.6. The average molecular weight is 455 g/mol. The van der Waals surface area contributed by atoms with Crippen molar-refractivity contribution in [3.63, 3.8) is 0 Å². The van der Waals surface area contributed by atoms with Gasteiger partial charge in [-0.25, -0.2) is 9.79 Å². The second kappa shape index (κ2) is 7.36. The van der Waals surface area contributed by atoms with E-state index < -0.39 is 5.97 Å². The Hall–Kier alpha value is -1.86. The Kier molecular flexibility index (Phi) is 5.20. The smallest absolute Gasteiger partial charge is 0.363 e. The summed E-state index contributed by atoms with van der Waals surface area (Å²) in [5.41, 5.74) is 0.997. The van der Waals surface area contributed by atoms with E-state index >= 15 is 0 Å². The Balaban J connectivity index is 1.90. The Morgan fingerprint density at radius 3 is 2.67 bits per heavy atom. The minimum Gasteiger partial charge on any atom is -0.491 e. The maximum atomic E-state index is 12.0. The van der Waals surface area contributed by atoms with Crippen LogP contribution in [0.1, 0.15) is 24.7 Å². The van der Waals surface area contributed by atoms with Gasteiger partial charge in [-0.05, 0) is 74.2 Å². The Morgan fingerprint density at radius 2 is 2.04 bits per heavy atom. The van der Waals surface area contributed by atoms with Crippen LogP contribution in [0.4, 0.5) is 0 Å². The molecule has 0 N–H and O–H groups in total. The number of benzene rings is 1. The fraction of sp³-hybridized carbons (Fsp3) is 0.176. The van der Waals surface area contributed by atoms with Crippen LogP contribution in [-0.4, -0.2) is 18.5 Å². The van der Waals surface area contributed by atoms with Crippen molar-refractivity contribution in [2.24, 2.45) is 4.99 Å². The summed E-state index contributed by atoms with van der Waals surface area (Å²) >= 11 is 6.97. The fourth-order valence-electron chi connectivity index (χ4n) is 2.08. The summed E-state index contributed by atoms with van der Waals surface area (Å²) < 4.78 is 17.6. The first-order valence-corrected chi connectivity index (χ1v) is 8.85. The van der Waals surface area contributed by atoms with Gasteiger partial charge in [0, 0.05) is 0 Å². The van der Waals surface area contributed by atoms with Gasteiger partial charge in [0.25, 0.3) is 5.90 Å². The van der Waals surface area contributed by atoms with E-state index in [1.165, 1.54) is 6.26 Å². The molecule has 2 aromatic rings. The number of furan rings is 1. The molecular formula is C17H13Br2NO4. The third-order valence-electron chi connectivity index (χ3n) is 3.13. The largest absolute Gasteiger partial charge is 0.491 e. The van der Waals surface area contributed by atoms with Crippen molar-refractivity contribution in [2.45, 2.75) is 13.3 Å². The van der Waals surface area contributed by atoms with Crippen molar-refractivity contribution in [3.8, 4) is 5.75 Å². The number of ether oxygens (including phenoxy) is 2. The van der Waals surface area contributed by atoms with Gasteiger partial charge in [0.05, 0.1) is 21.8 Å². The Labute approximate surface area is 155 Å². The zero-order valence-corrected chi connectivity index (χ0v) is 15.9. The quantitative estimate of drug-likeness (QED) is 0.474. The topological polar surface area (TPSA) is 61.0 Å². The number of nitrogens with zero attached hydrogens (tertiary/aromatic N) is 1. The van der Waals surface area contributed by atoms with E-state index in [2.05, 4.69) is 36.9 Å². The van der Waals surface area contributed by atoms with Gasteiger partial charge in [-0.1, -0.05) is 6.92 Å². The number of carbonyl (C=O) groups is 1. The Bertz CT molecular complexity index is 802. The highest BCUT2D eigenvalue weighted by Crippen LogP contribution is 2.35. The van der Waals surface area contributed by atoms with Gasteiger partial charge in [0.15, 0.2) is 11.5 Å². The van der Waals surface area contributed by atoms with E-state index in [9.17, 15) is 4.79 Å². The summed E-state index contributed by atoms with van der Waals surface area (Å²) in [5.74, 6) is 0.794. The minimum absolute atomic E-state index is 0.164. The van der Waals surface area contributed by atoms with Gasteiger partial charge in [-0.3, -0.25) is 0 Å². The molecule has 0 saturated heterocycles. The molecule has 1 aromatic carbocycles. The Morgan fingerprint density at radius 1 is 1.29 bits per heavy atom. The van der Waals surface area contributed by atoms with Gasteiger partial charge in [0.2, 0.25) is 0 Å². The molecule has 0 bridgehead atoms. The molecule has 0 aliphatic carbocycles. The summed E-state index contributed by atoms with van der Waals surface area (Å²) in [5, 5.41) is 0. The standard InChI is InChI=1S/C17H13Br2NO4/c1-2-5-23-15-11(18)7-10(8-12(15)19)9-13-17(21)24-16(20-13)14-4-3-6-22-14/h3-4,6-9H,2,5H2,1H3/b13-9-. The van der Waals surface area contributed by atoms with E-state index in [1.54, 1.807) is 18.2 Å². The summed E-state index contributed by atoms with van der Waals surface area (Å²) in [6.45, 7) is 2.67. The van der Waals surface area contributed by atoms with Gasteiger partial charge in [-0.15, -0.1) is 0 Å². The number of rotatable bonds is 5. The van der Waals surface area contributed by atoms with Crippen LogP contribution in [-0.2, 0) is 9.53 Å². The van der Waals surface area contributed by atoms with Gasteiger partial charge in [-0.2, -0.15) is 0 Å². The highest BCUT2D eigenvalue weighted by atomic mass is 79.9. The molecule has 3 rings (SSSR count). The molecule has 0 saturated carbocycles. The van der Waals surface area contributed by atoms with Crippen LogP contribution >= 0.6 is 31.9 Å². The van der Waals surface area contributed by atoms with E-state index in [0.717, 1.165) is 26.7 Å². The molecule has 0 unspecified atom stereocenters. The van der Waals surface area contributed by atoms with E-state index in [0.29, 0.717) is 12.4 Å². The average Bonchev–Trinajstić information content (AvgIpc) is 3.17. The van der Waals surface area contributed by atoms with Crippen LogP contribution in [0.15, 0.2) is 54.6 Å². The van der Waals surface area contributed by atoms with Crippen LogP contribution in [0, 0.1) is 0 Å². The monoisotopic (exact) mass is 453 g/mol. The van der Waals surface area contributed by atoms with Crippen molar-refractivity contribution >= 4 is 49.8 Å². The molecular weight excluding hydrogens is 442 g/mol. The molecule has 0 spiro atoms. The first-order valence-electron chi connectivity index (χ1n) is 7.26. The molecule has 0 atom stereocenters.